The van der Waals surface area contributed by atoms with E-state index in [-0.39, 0.29) is 29.5 Å². The van der Waals surface area contributed by atoms with Crippen LogP contribution in [0.1, 0.15) is 59.3 Å². The highest BCUT2D eigenvalue weighted by Gasteiger charge is 2.54. The van der Waals surface area contributed by atoms with Crippen LogP contribution in [0.3, 0.4) is 0 Å². The summed E-state index contributed by atoms with van der Waals surface area (Å²) in [7, 11) is 3.90. The zero-order valence-electron chi connectivity index (χ0n) is 27.7. The average Bonchev–Trinajstić information content (AvgIpc) is 3.03. The first kappa shape index (κ1) is 35.2. The fourth-order valence-corrected chi connectivity index (χ4v) is 11.8. The van der Waals surface area contributed by atoms with Gasteiger partial charge >= 0.3 is 0 Å². The van der Waals surface area contributed by atoms with Gasteiger partial charge in [0.25, 0.3) is 8.32 Å². The minimum Gasteiger partial charge on any atom is -0.405 e. The lowest BCUT2D eigenvalue weighted by Crippen LogP contribution is -2.68. The average molecular weight is 631 g/mol. The van der Waals surface area contributed by atoms with E-state index >= 15 is 0 Å². The molecule has 0 radical (unpaired) electrons. The number of benzene rings is 2. The van der Waals surface area contributed by atoms with E-state index in [2.05, 4.69) is 81.4 Å². The molecule has 246 valence electrons. The van der Waals surface area contributed by atoms with Crippen molar-refractivity contribution in [3.63, 3.8) is 0 Å². The van der Waals surface area contributed by atoms with Crippen LogP contribution in [-0.2, 0) is 32.8 Å². The summed E-state index contributed by atoms with van der Waals surface area (Å²) in [4.78, 5) is 0. The van der Waals surface area contributed by atoms with Gasteiger partial charge in [-0.1, -0.05) is 81.4 Å². The Bertz CT molecular complexity index is 1070. The second-order valence-electron chi connectivity index (χ2n) is 13.2. The molecule has 4 rings (SSSR count). The summed E-state index contributed by atoms with van der Waals surface area (Å²) < 4.78 is 44.0. The van der Waals surface area contributed by atoms with Gasteiger partial charge in [-0.05, 0) is 34.7 Å². The van der Waals surface area contributed by atoms with Crippen molar-refractivity contribution in [1.29, 1.82) is 0 Å². The van der Waals surface area contributed by atoms with Crippen molar-refractivity contribution >= 4 is 18.7 Å². The number of hydrogen-bond donors (Lipinski definition) is 1. The lowest BCUT2D eigenvalue weighted by molar-refractivity contribution is -0.353. The third-order valence-electron chi connectivity index (χ3n) is 9.38. The van der Waals surface area contributed by atoms with Gasteiger partial charge in [-0.25, -0.2) is 0 Å². The maximum atomic E-state index is 10.7. The summed E-state index contributed by atoms with van der Waals surface area (Å²) in [5, 5.41) is 13.0. The van der Waals surface area contributed by atoms with E-state index in [4.69, 9.17) is 32.8 Å². The zero-order valence-corrected chi connectivity index (χ0v) is 28.7. The number of rotatable bonds is 14. The van der Waals surface area contributed by atoms with Crippen LogP contribution < -0.4 is 10.4 Å². The zero-order chi connectivity index (χ0) is 31.8. The largest absolute Gasteiger partial charge is 0.405 e. The van der Waals surface area contributed by atoms with Crippen LogP contribution in [0, 0.1) is 0 Å². The highest BCUT2D eigenvalue weighted by Crippen LogP contribution is 2.43. The van der Waals surface area contributed by atoms with E-state index in [1.165, 1.54) is 10.4 Å². The fourth-order valence-electron chi connectivity index (χ4n) is 7.19. The van der Waals surface area contributed by atoms with E-state index in [0.29, 0.717) is 32.5 Å². The van der Waals surface area contributed by atoms with Gasteiger partial charge in [0.1, 0.15) is 12.2 Å². The monoisotopic (exact) mass is 630 g/mol. The van der Waals surface area contributed by atoms with Gasteiger partial charge in [0.05, 0.1) is 31.0 Å². The van der Waals surface area contributed by atoms with Crippen LogP contribution in [0.2, 0.25) is 5.04 Å². The summed E-state index contributed by atoms with van der Waals surface area (Å²) in [6.07, 6.45) is 2.11. The smallest absolute Gasteiger partial charge is 0.261 e. The van der Waals surface area contributed by atoms with Crippen molar-refractivity contribution in [1.82, 2.24) is 0 Å². The lowest BCUT2D eigenvalue weighted by Gasteiger charge is -2.51. The molecule has 0 aliphatic carbocycles. The molecule has 7 atom stereocenters. The van der Waals surface area contributed by atoms with Gasteiger partial charge in [0.2, 0.25) is 0 Å². The van der Waals surface area contributed by atoms with Crippen molar-refractivity contribution in [2.75, 3.05) is 41.7 Å². The Hall–Kier alpha value is -1.66. The summed E-state index contributed by atoms with van der Waals surface area (Å²) in [6, 6.07) is 21.3. The minimum atomic E-state index is -2.80. The molecule has 0 saturated carbocycles. The Morgan fingerprint density at radius 1 is 0.932 bits per heavy atom. The third kappa shape index (κ3) is 7.82. The molecule has 1 N–H and O–H groups in total. The molecule has 2 aliphatic heterocycles. The summed E-state index contributed by atoms with van der Waals surface area (Å²) in [5.41, 5.74) is 0. The molecule has 2 saturated heterocycles. The molecule has 0 aromatic heterocycles. The Balaban J connectivity index is 1.61. The number of aliphatic hydroxyl groups is 1. The van der Waals surface area contributed by atoms with Crippen LogP contribution in [0.4, 0.5) is 0 Å². The van der Waals surface area contributed by atoms with Gasteiger partial charge in [-0.2, -0.15) is 0 Å². The molecule has 2 aromatic rings. The first-order valence-electron chi connectivity index (χ1n) is 16.0. The molecule has 2 fully saturated rings. The third-order valence-corrected chi connectivity index (χ3v) is 14.4. The summed E-state index contributed by atoms with van der Waals surface area (Å²) in [5.74, 6) is -0.839. The van der Waals surface area contributed by atoms with Crippen molar-refractivity contribution < 1.29 is 38.0 Å². The Morgan fingerprint density at radius 2 is 1.57 bits per heavy atom. The van der Waals surface area contributed by atoms with Crippen molar-refractivity contribution in [3.05, 3.63) is 60.7 Å². The molecule has 2 aliphatic rings. The lowest BCUT2D eigenvalue weighted by atomic mass is 9.88. The molecule has 2 heterocycles. The highest BCUT2D eigenvalue weighted by atomic mass is 28.4. The van der Waals surface area contributed by atoms with Crippen molar-refractivity contribution in [2.24, 2.45) is 0 Å². The topological polar surface area (TPSA) is 84.8 Å². The van der Waals surface area contributed by atoms with Gasteiger partial charge in [-0.15, -0.1) is 0 Å². The van der Waals surface area contributed by atoms with E-state index in [0.717, 1.165) is 19.3 Å². The fraction of sp³-hybridized carbons (Fsp3) is 0.657. The predicted octanol–water partition coefficient (Wildman–Crippen LogP) is 4.45. The molecule has 0 amide bonds. The van der Waals surface area contributed by atoms with E-state index in [1.807, 2.05) is 0 Å². The maximum absolute atomic E-state index is 10.7. The second-order valence-corrected chi connectivity index (χ2v) is 17.5. The van der Waals surface area contributed by atoms with Crippen LogP contribution in [-0.4, -0.2) is 97.5 Å². The summed E-state index contributed by atoms with van der Waals surface area (Å²) in [6.45, 7) is 7.63. The molecule has 0 bridgehead atoms. The number of hydrogen-bond acceptors (Lipinski definition) is 8. The number of methoxy groups -OCH3 is 4. The van der Waals surface area contributed by atoms with E-state index in [1.54, 1.807) is 28.4 Å². The maximum Gasteiger partial charge on any atom is 0.261 e. The molecule has 1 unspecified atom stereocenters. The molecular weight excluding hydrogens is 576 g/mol. The quantitative estimate of drug-likeness (QED) is 0.307. The Labute approximate surface area is 265 Å². The van der Waals surface area contributed by atoms with Crippen LogP contribution >= 0.6 is 0 Å². The van der Waals surface area contributed by atoms with Crippen LogP contribution in [0.5, 0.6) is 0 Å². The van der Waals surface area contributed by atoms with Crippen molar-refractivity contribution in [3.8, 4) is 0 Å². The molecular formula is C35H54O8Si. The predicted molar refractivity (Wildman–Crippen MR) is 174 cm³/mol. The van der Waals surface area contributed by atoms with Gasteiger partial charge < -0.3 is 38.0 Å². The van der Waals surface area contributed by atoms with E-state index in [9.17, 15) is 5.11 Å². The first-order valence-corrected chi connectivity index (χ1v) is 17.9. The van der Waals surface area contributed by atoms with Gasteiger partial charge in [-0.3, -0.25) is 0 Å². The Kier molecular flexibility index (Phi) is 12.6. The standard InChI is InChI=1S/C35H54O8Si/c1-34(2,3)44(27-16-10-8-11-17-27,28-18-12-9-13-19-28)41-25-32-33(40-7)31(39-6)24-35(43-32)21-14-15-26(42-35)23-30(38-5)29(36)20-22-37-4/h8-13,16-19,26,29-33,36H,14-15,20-25H2,1-7H3/t26?,29-,30-,31+,32+,33-,35-/m0/s1. The molecule has 44 heavy (non-hydrogen) atoms. The van der Waals surface area contributed by atoms with Gasteiger partial charge in [0, 0.05) is 54.3 Å². The number of ether oxygens (including phenoxy) is 6. The SMILES string of the molecule is COCC[C@H](O)[C@H](CC1CCC[C@]2(C[C@@H](OC)[C@H](OC)[C@@H](CO[Si](c3ccccc3)(c3ccccc3)C(C)(C)C)O2)O1)OC. The number of aliphatic hydroxyl groups excluding tert-OH is 1. The van der Waals surface area contributed by atoms with Crippen LogP contribution in [0.15, 0.2) is 60.7 Å². The summed E-state index contributed by atoms with van der Waals surface area (Å²) >= 11 is 0. The molecule has 2 aromatic carbocycles. The normalized spacial score (nSPS) is 27.7. The Morgan fingerprint density at radius 3 is 2.09 bits per heavy atom. The van der Waals surface area contributed by atoms with Crippen molar-refractivity contribution in [2.45, 2.75) is 107 Å². The van der Waals surface area contributed by atoms with Gasteiger partial charge in [0.15, 0.2) is 5.79 Å². The second kappa shape index (κ2) is 15.8. The molecule has 1 spiro atoms. The first-order chi connectivity index (χ1) is 21.1. The molecule has 9 heteroatoms. The minimum absolute atomic E-state index is 0.124. The van der Waals surface area contributed by atoms with E-state index < -0.39 is 26.3 Å². The van der Waals surface area contributed by atoms with Crippen LogP contribution in [0.25, 0.3) is 0 Å². The highest BCUT2D eigenvalue weighted by molar-refractivity contribution is 6.99. The molecule has 8 nitrogen and oxygen atoms in total.